The zero-order valence-electron chi connectivity index (χ0n) is 10.6. The predicted molar refractivity (Wildman–Crippen MR) is 70.0 cm³/mol. The smallest absolute Gasteiger partial charge is 0.337 e. The molecule has 0 amide bonds. The number of morpholine rings is 1. The van der Waals surface area contributed by atoms with E-state index in [0.717, 1.165) is 0 Å². The second kappa shape index (κ2) is 4.86. The summed E-state index contributed by atoms with van der Waals surface area (Å²) in [6.07, 6.45) is 0.130. The fourth-order valence-electron chi connectivity index (χ4n) is 2.45. The summed E-state index contributed by atoms with van der Waals surface area (Å²) in [6.45, 7) is 5.25. The highest BCUT2D eigenvalue weighted by Gasteiger charge is 2.26. The Morgan fingerprint density at radius 3 is 2.56 bits per heavy atom. The van der Waals surface area contributed by atoms with E-state index < -0.39 is 5.97 Å². The number of nitrogens with zero attached hydrogens (tertiary/aromatic N) is 1. The van der Waals surface area contributed by atoms with Crippen LogP contribution in [0.1, 0.15) is 24.2 Å². The van der Waals surface area contributed by atoms with Crippen LogP contribution in [0.5, 0.6) is 0 Å². The monoisotopic (exact) mass is 250 g/mol. The molecule has 0 radical (unpaired) electrons. The third-order valence-corrected chi connectivity index (χ3v) is 3.03. The third-order valence-electron chi connectivity index (χ3n) is 3.03. The Hall–Kier alpha value is -1.75. The summed E-state index contributed by atoms with van der Waals surface area (Å²) in [6, 6.07) is 4.97. The molecule has 18 heavy (non-hydrogen) atoms. The molecule has 2 atom stereocenters. The number of nitrogens with two attached hydrogens (primary N) is 1. The molecule has 0 saturated carbocycles. The Balaban J connectivity index is 2.40. The Morgan fingerprint density at radius 1 is 1.39 bits per heavy atom. The molecule has 1 saturated heterocycles. The van der Waals surface area contributed by atoms with Crippen LogP contribution in [0.2, 0.25) is 0 Å². The number of anilines is 2. The average Bonchev–Trinajstić information content (AvgIpc) is 2.26. The SMILES string of the molecule is CC1CN(c2c(N)cccc2C(=O)O)CC(C)O1. The molecule has 98 valence electrons. The molecule has 5 nitrogen and oxygen atoms in total. The van der Waals surface area contributed by atoms with E-state index in [1.54, 1.807) is 18.2 Å². The largest absolute Gasteiger partial charge is 0.478 e. The van der Waals surface area contributed by atoms with Gasteiger partial charge < -0.3 is 20.5 Å². The summed E-state index contributed by atoms with van der Waals surface area (Å²) in [5.74, 6) is -0.955. The molecule has 1 aromatic rings. The predicted octanol–water partition coefficient (Wildman–Crippen LogP) is 1.58. The van der Waals surface area contributed by atoms with Crippen LogP contribution in [0, 0.1) is 0 Å². The number of hydrogen-bond acceptors (Lipinski definition) is 4. The Morgan fingerprint density at radius 2 is 2.00 bits per heavy atom. The van der Waals surface area contributed by atoms with E-state index in [1.807, 2.05) is 18.7 Å². The van der Waals surface area contributed by atoms with Crippen LogP contribution in [-0.4, -0.2) is 36.4 Å². The molecule has 1 heterocycles. The molecule has 0 bridgehead atoms. The number of rotatable bonds is 2. The standard InChI is InChI=1S/C13H18N2O3/c1-8-6-15(7-9(2)18-8)12-10(13(16)17)4-3-5-11(12)14/h3-5,8-9H,6-7,14H2,1-2H3,(H,16,17). The lowest BCUT2D eigenvalue weighted by atomic mass is 10.1. The van der Waals surface area contributed by atoms with Crippen molar-refractivity contribution in [2.24, 2.45) is 0 Å². The van der Waals surface area contributed by atoms with Crippen molar-refractivity contribution in [1.82, 2.24) is 0 Å². The van der Waals surface area contributed by atoms with Crippen molar-refractivity contribution < 1.29 is 14.6 Å². The second-order valence-electron chi connectivity index (χ2n) is 4.71. The summed E-state index contributed by atoms with van der Waals surface area (Å²) in [5.41, 5.74) is 7.28. The van der Waals surface area contributed by atoms with Crippen LogP contribution in [0.15, 0.2) is 18.2 Å². The normalized spacial score (nSPS) is 24.0. The van der Waals surface area contributed by atoms with Gasteiger partial charge in [0.05, 0.1) is 29.1 Å². The van der Waals surface area contributed by atoms with Gasteiger partial charge in [-0.1, -0.05) is 6.07 Å². The molecule has 5 heteroatoms. The molecule has 2 unspecified atom stereocenters. The highest BCUT2D eigenvalue weighted by Crippen LogP contribution is 2.30. The topological polar surface area (TPSA) is 75.8 Å². The van der Waals surface area contributed by atoms with Crippen molar-refractivity contribution in [2.75, 3.05) is 23.7 Å². The van der Waals surface area contributed by atoms with Crippen molar-refractivity contribution >= 4 is 17.3 Å². The van der Waals surface area contributed by atoms with Crippen LogP contribution in [0.4, 0.5) is 11.4 Å². The Kier molecular flexibility index (Phi) is 3.43. The lowest BCUT2D eigenvalue weighted by Gasteiger charge is -2.37. The second-order valence-corrected chi connectivity index (χ2v) is 4.71. The minimum absolute atomic E-state index is 0.0648. The fraction of sp³-hybridized carbons (Fsp3) is 0.462. The van der Waals surface area contributed by atoms with Crippen molar-refractivity contribution in [3.8, 4) is 0 Å². The molecule has 1 aromatic carbocycles. The summed E-state index contributed by atoms with van der Waals surface area (Å²) in [4.78, 5) is 13.3. The van der Waals surface area contributed by atoms with Gasteiger partial charge in [-0.2, -0.15) is 0 Å². The number of carboxylic acid groups (broad SMARTS) is 1. The van der Waals surface area contributed by atoms with Crippen LogP contribution < -0.4 is 10.6 Å². The quantitative estimate of drug-likeness (QED) is 0.779. The van der Waals surface area contributed by atoms with E-state index in [-0.39, 0.29) is 17.8 Å². The van der Waals surface area contributed by atoms with E-state index in [1.165, 1.54) is 0 Å². The van der Waals surface area contributed by atoms with Crippen LogP contribution in [0.25, 0.3) is 0 Å². The first-order valence-corrected chi connectivity index (χ1v) is 6.01. The molecule has 0 aliphatic carbocycles. The molecule has 0 spiro atoms. The number of carboxylic acids is 1. The molecule has 2 rings (SSSR count). The first kappa shape index (κ1) is 12.7. The zero-order chi connectivity index (χ0) is 13.3. The van der Waals surface area contributed by atoms with Crippen molar-refractivity contribution in [3.05, 3.63) is 23.8 Å². The van der Waals surface area contributed by atoms with E-state index in [4.69, 9.17) is 10.5 Å². The molecular formula is C13H18N2O3. The fourth-order valence-corrected chi connectivity index (χ4v) is 2.45. The molecule has 1 aliphatic heterocycles. The number of hydrogen-bond donors (Lipinski definition) is 2. The molecular weight excluding hydrogens is 232 g/mol. The molecule has 1 fully saturated rings. The number of aromatic carboxylic acids is 1. The Labute approximate surface area is 106 Å². The number of carbonyl (C=O) groups is 1. The first-order valence-electron chi connectivity index (χ1n) is 6.01. The summed E-state index contributed by atoms with van der Waals surface area (Å²) in [5, 5.41) is 9.24. The summed E-state index contributed by atoms with van der Waals surface area (Å²) in [7, 11) is 0. The van der Waals surface area contributed by atoms with Crippen LogP contribution in [0.3, 0.4) is 0 Å². The summed E-state index contributed by atoms with van der Waals surface area (Å²) < 4.78 is 5.65. The van der Waals surface area contributed by atoms with E-state index in [9.17, 15) is 9.90 Å². The van der Waals surface area contributed by atoms with Gasteiger partial charge in [-0.25, -0.2) is 4.79 Å². The van der Waals surface area contributed by atoms with Crippen molar-refractivity contribution in [3.63, 3.8) is 0 Å². The number of ether oxygens (including phenoxy) is 1. The number of para-hydroxylation sites is 1. The van der Waals surface area contributed by atoms with Gasteiger partial charge in [-0.15, -0.1) is 0 Å². The first-order chi connectivity index (χ1) is 8.49. The molecule has 3 N–H and O–H groups in total. The van der Waals surface area contributed by atoms with Gasteiger partial charge in [0.2, 0.25) is 0 Å². The van der Waals surface area contributed by atoms with Gasteiger partial charge in [-0.05, 0) is 26.0 Å². The maximum Gasteiger partial charge on any atom is 0.337 e. The van der Waals surface area contributed by atoms with Crippen molar-refractivity contribution in [1.29, 1.82) is 0 Å². The van der Waals surface area contributed by atoms with Crippen LogP contribution in [-0.2, 0) is 4.74 Å². The van der Waals surface area contributed by atoms with Crippen molar-refractivity contribution in [2.45, 2.75) is 26.1 Å². The maximum atomic E-state index is 11.3. The van der Waals surface area contributed by atoms with Gasteiger partial charge in [0.25, 0.3) is 0 Å². The maximum absolute atomic E-state index is 11.3. The highest BCUT2D eigenvalue weighted by molar-refractivity contribution is 5.98. The van der Waals surface area contributed by atoms with Gasteiger partial charge in [0.15, 0.2) is 0 Å². The molecule has 0 aromatic heterocycles. The Bertz CT molecular complexity index is 452. The van der Waals surface area contributed by atoms with Gasteiger partial charge in [0, 0.05) is 13.1 Å². The minimum Gasteiger partial charge on any atom is -0.478 e. The van der Waals surface area contributed by atoms with E-state index >= 15 is 0 Å². The highest BCUT2D eigenvalue weighted by atomic mass is 16.5. The van der Waals surface area contributed by atoms with Gasteiger partial charge in [-0.3, -0.25) is 0 Å². The number of benzene rings is 1. The van der Waals surface area contributed by atoms with Gasteiger partial charge in [0.1, 0.15) is 0 Å². The van der Waals surface area contributed by atoms with Gasteiger partial charge >= 0.3 is 5.97 Å². The summed E-state index contributed by atoms with van der Waals surface area (Å²) >= 11 is 0. The van der Waals surface area contributed by atoms with Crippen LogP contribution >= 0.6 is 0 Å². The lowest BCUT2D eigenvalue weighted by molar-refractivity contribution is -0.00527. The lowest BCUT2D eigenvalue weighted by Crippen LogP contribution is -2.46. The molecule has 1 aliphatic rings. The minimum atomic E-state index is -0.955. The average molecular weight is 250 g/mol. The van der Waals surface area contributed by atoms with E-state index in [2.05, 4.69) is 0 Å². The third kappa shape index (κ3) is 2.41. The zero-order valence-corrected chi connectivity index (χ0v) is 10.6. The van der Waals surface area contributed by atoms with E-state index in [0.29, 0.717) is 24.5 Å². The number of nitrogen functional groups attached to an aromatic ring is 1.